The predicted molar refractivity (Wildman–Crippen MR) is 129 cm³/mol. The van der Waals surface area contributed by atoms with Crippen molar-refractivity contribution in [3.05, 3.63) is 59.9 Å². The number of methoxy groups -OCH3 is 1. The van der Waals surface area contributed by atoms with Crippen molar-refractivity contribution < 1.29 is 27.1 Å². The highest BCUT2D eigenvalue weighted by atomic mass is 32.2. The Hall–Kier alpha value is -3.14. The molecule has 1 N–H and O–H groups in total. The number of amides is 2. The molecule has 0 aliphatic rings. The van der Waals surface area contributed by atoms with Crippen LogP contribution in [0.15, 0.2) is 48.5 Å². The Morgan fingerprint density at radius 1 is 1.12 bits per heavy atom. The highest BCUT2D eigenvalue weighted by molar-refractivity contribution is 7.92. The SMILES string of the molecule is CC[C@@H](C)NC(=O)[C@H](C)N(Cc1cccc(OC)c1)C(=O)CN(c1cccc(F)c1)S(C)(=O)=O. The fraction of sp³-hybridized carbons (Fsp3) is 0.417. The fourth-order valence-corrected chi connectivity index (χ4v) is 4.10. The van der Waals surface area contributed by atoms with Crippen molar-refractivity contribution in [1.82, 2.24) is 10.2 Å². The monoisotopic (exact) mass is 493 g/mol. The number of anilines is 1. The second kappa shape index (κ2) is 11.8. The van der Waals surface area contributed by atoms with E-state index in [9.17, 15) is 22.4 Å². The van der Waals surface area contributed by atoms with Gasteiger partial charge in [0.05, 0.1) is 19.1 Å². The third-order valence-electron chi connectivity index (χ3n) is 5.43. The number of carbonyl (C=O) groups excluding carboxylic acids is 2. The summed E-state index contributed by atoms with van der Waals surface area (Å²) in [5.74, 6) is -1.01. The molecule has 0 saturated carbocycles. The van der Waals surface area contributed by atoms with Crippen LogP contribution in [0, 0.1) is 5.82 Å². The van der Waals surface area contributed by atoms with Crippen molar-refractivity contribution in [2.24, 2.45) is 0 Å². The molecule has 0 aliphatic carbocycles. The lowest BCUT2D eigenvalue weighted by atomic mass is 10.1. The topological polar surface area (TPSA) is 96.0 Å². The van der Waals surface area contributed by atoms with Crippen molar-refractivity contribution in [2.75, 3.05) is 24.2 Å². The molecule has 0 radical (unpaired) electrons. The van der Waals surface area contributed by atoms with E-state index in [1.807, 2.05) is 13.8 Å². The van der Waals surface area contributed by atoms with Gasteiger partial charge in [-0.25, -0.2) is 12.8 Å². The molecule has 186 valence electrons. The van der Waals surface area contributed by atoms with Gasteiger partial charge in [-0.2, -0.15) is 0 Å². The number of sulfonamides is 1. The summed E-state index contributed by atoms with van der Waals surface area (Å²) in [5.41, 5.74) is 0.724. The minimum atomic E-state index is -3.92. The summed E-state index contributed by atoms with van der Waals surface area (Å²) in [4.78, 5) is 27.6. The molecule has 8 nitrogen and oxygen atoms in total. The lowest BCUT2D eigenvalue weighted by Gasteiger charge is -2.32. The van der Waals surface area contributed by atoms with Crippen LogP contribution < -0.4 is 14.4 Å². The third-order valence-corrected chi connectivity index (χ3v) is 6.57. The molecule has 2 atom stereocenters. The average Bonchev–Trinajstić information content (AvgIpc) is 2.79. The average molecular weight is 494 g/mol. The van der Waals surface area contributed by atoms with Crippen LogP contribution in [0.4, 0.5) is 10.1 Å². The van der Waals surface area contributed by atoms with Gasteiger partial charge in [0.15, 0.2) is 0 Å². The zero-order chi connectivity index (χ0) is 25.5. The summed E-state index contributed by atoms with van der Waals surface area (Å²) in [5, 5.41) is 2.86. The highest BCUT2D eigenvalue weighted by Crippen LogP contribution is 2.21. The zero-order valence-electron chi connectivity index (χ0n) is 20.1. The molecule has 0 spiro atoms. The first-order chi connectivity index (χ1) is 16.0. The van der Waals surface area contributed by atoms with Gasteiger partial charge in [-0.3, -0.25) is 13.9 Å². The largest absolute Gasteiger partial charge is 0.497 e. The lowest BCUT2D eigenvalue weighted by Crippen LogP contribution is -2.52. The third kappa shape index (κ3) is 7.44. The standard InChI is InChI=1S/C24H32FN3O5S/c1-6-17(2)26-24(30)18(3)27(15-19-9-7-12-22(13-19)33-4)23(29)16-28(34(5,31)32)21-11-8-10-20(25)14-21/h7-14,17-18H,6,15-16H2,1-5H3,(H,26,30)/t17-,18+/m1/s1. The molecule has 0 unspecified atom stereocenters. The molecule has 0 bridgehead atoms. The molecule has 0 aliphatic heterocycles. The summed E-state index contributed by atoms with van der Waals surface area (Å²) in [6, 6.07) is 11.0. The number of hydrogen-bond acceptors (Lipinski definition) is 5. The van der Waals surface area contributed by atoms with E-state index >= 15 is 0 Å². The van der Waals surface area contributed by atoms with E-state index in [-0.39, 0.29) is 24.2 Å². The van der Waals surface area contributed by atoms with E-state index in [0.29, 0.717) is 17.7 Å². The Kier molecular flexibility index (Phi) is 9.43. The number of nitrogens with zero attached hydrogens (tertiary/aromatic N) is 2. The van der Waals surface area contributed by atoms with Gasteiger partial charge in [-0.15, -0.1) is 0 Å². The molecular formula is C24H32FN3O5S. The van der Waals surface area contributed by atoms with E-state index in [2.05, 4.69) is 5.32 Å². The van der Waals surface area contributed by atoms with E-state index in [1.54, 1.807) is 31.2 Å². The van der Waals surface area contributed by atoms with Crippen LogP contribution in [0.5, 0.6) is 5.75 Å². The van der Waals surface area contributed by atoms with Crippen LogP contribution in [0.3, 0.4) is 0 Å². The van der Waals surface area contributed by atoms with Gasteiger partial charge >= 0.3 is 0 Å². The molecule has 2 aromatic carbocycles. The van der Waals surface area contributed by atoms with E-state index in [4.69, 9.17) is 4.74 Å². The predicted octanol–water partition coefficient (Wildman–Crippen LogP) is 2.93. The van der Waals surface area contributed by atoms with Gasteiger partial charge in [-0.1, -0.05) is 25.1 Å². The molecular weight excluding hydrogens is 461 g/mol. The van der Waals surface area contributed by atoms with Crippen LogP contribution in [-0.2, 0) is 26.2 Å². The second-order valence-electron chi connectivity index (χ2n) is 8.12. The minimum absolute atomic E-state index is 0.0221. The van der Waals surface area contributed by atoms with Crippen LogP contribution in [0.1, 0.15) is 32.8 Å². The molecule has 0 fully saturated rings. The van der Waals surface area contributed by atoms with Crippen molar-refractivity contribution in [3.8, 4) is 5.75 Å². The quantitative estimate of drug-likeness (QED) is 0.519. The summed E-state index contributed by atoms with van der Waals surface area (Å²) in [6.07, 6.45) is 1.65. The Morgan fingerprint density at radius 2 is 1.79 bits per heavy atom. The van der Waals surface area contributed by atoms with Crippen molar-refractivity contribution in [2.45, 2.75) is 45.8 Å². The summed E-state index contributed by atoms with van der Waals surface area (Å²) >= 11 is 0. The van der Waals surface area contributed by atoms with E-state index in [1.165, 1.54) is 30.2 Å². The van der Waals surface area contributed by atoms with Crippen LogP contribution in [0.25, 0.3) is 0 Å². The van der Waals surface area contributed by atoms with Crippen LogP contribution in [-0.4, -0.2) is 57.1 Å². The molecule has 2 aromatic rings. The molecule has 0 aromatic heterocycles. The number of nitrogens with one attached hydrogen (secondary N) is 1. The highest BCUT2D eigenvalue weighted by Gasteiger charge is 2.30. The van der Waals surface area contributed by atoms with Crippen LogP contribution >= 0.6 is 0 Å². The summed E-state index contributed by atoms with van der Waals surface area (Å²) in [6.45, 7) is 4.83. The number of benzene rings is 2. The maximum Gasteiger partial charge on any atom is 0.244 e. The second-order valence-corrected chi connectivity index (χ2v) is 10.0. The van der Waals surface area contributed by atoms with Gasteiger partial charge < -0.3 is 15.0 Å². The van der Waals surface area contributed by atoms with Gasteiger partial charge in [0, 0.05) is 12.6 Å². The van der Waals surface area contributed by atoms with E-state index in [0.717, 1.165) is 16.6 Å². The number of ether oxygens (including phenoxy) is 1. The minimum Gasteiger partial charge on any atom is -0.497 e. The summed E-state index contributed by atoms with van der Waals surface area (Å²) in [7, 11) is -2.40. The number of hydrogen-bond donors (Lipinski definition) is 1. The first-order valence-electron chi connectivity index (χ1n) is 10.9. The Labute approximate surface area is 200 Å². The molecule has 2 amide bonds. The molecule has 10 heteroatoms. The number of carbonyl (C=O) groups is 2. The Morgan fingerprint density at radius 3 is 2.38 bits per heavy atom. The summed E-state index contributed by atoms with van der Waals surface area (Å²) < 4.78 is 44.8. The molecule has 0 heterocycles. The fourth-order valence-electron chi connectivity index (χ4n) is 3.26. The first-order valence-corrected chi connectivity index (χ1v) is 12.8. The zero-order valence-corrected chi connectivity index (χ0v) is 20.9. The molecule has 34 heavy (non-hydrogen) atoms. The number of halogens is 1. The number of rotatable bonds is 11. The van der Waals surface area contributed by atoms with E-state index < -0.39 is 34.3 Å². The van der Waals surface area contributed by atoms with Gasteiger partial charge in [-0.05, 0) is 56.2 Å². The Balaban J connectivity index is 2.40. The van der Waals surface area contributed by atoms with Crippen LogP contribution in [0.2, 0.25) is 0 Å². The molecule has 2 rings (SSSR count). The smallest absolute Gasteiger partial charge is 0.244 e. The Bertz CT molecular complexity index is 1110. The first kappa shape index (κ1) is 27.1. The maximum atomic E-state index is 13.8. The van der Waals surface area contributed by atoms with Crippen molar-refractivity contribution in [3.63, 3.8) is 0 Å². The molecule has 0 saturated heterocycles. The maximum absolute atomic E-state index is 13.8. The lowest BCUT2D eigenvalue weighted by molar-refractivity contribution is -0.139. The van der Waals surface area contributed by atoms with Gasteiger partial charge in [0.2, 0.25) is 21.8 Å². The van der Waals surface area contributed by atoms with Gasteiger partial charge in [0.1, 0.15) is 24.2 Å². The normalized spacial score (nSPS) is 13.0. The van der Waals surface area contributed by atoms with Crippen molar-refractivity contribution in [1.29, 1.82) is 0 Å². The van der Waals surface area contributed by atoms with Crippen molar-refractivity contribution >= 4 is 27.5 Å². The van der Waals surface area contributed by atoms with Gasteiger partial charge in [0.25, 0.3) is 0 Å².